The second kappa shape index (κ2) is 5.00. The molecule has 0 unspecified atom stereocenters. The molecule has 1 aromatic carbocycles. The standard InChI is InChI=1S/C11H10N4O3/c12-8-4-2-1-3-7(8)10(16)14-11(17)13-9-5-6-18-15-9/h1-6H,12H2,(H2,13,14,15,16,17). The summed E-state index contributed by atoms with van der Waals surface area (Å²) in [7, 11) is 0. The number of hydrogen-bond donors (Lipinski definition) is 3. The van der Waals surface area contributed by atoms with Gasteiger partial charge in [-0.2, -0.15) is 0 Å². The molecule has 0 saturated heterocycles. The van der Waals surface area contributed by atoms with E-state index in [0.717, 1.165) is 0 Å². The molecule has 0 saturated carbocycles. The fourth-order valence-corrected chi connectivity index (χ4v) is 1.30. The maximum absolute atomic E-state index is 11.7. The van der Waals surface area contributed by atoms with Gasteiger partial charge < -0.3 is 10.3 Å². The first-order chi connectivity index (χ1) is 8.66. The summed E-state index contributed by atoms with van der Waals surface area (Å²) in [6.45, 7) is 0. The Hall–Kier alpha value is -2.83. The number of carbonyl (C=O) groups is 2. The Kier molecular flexibility index (Phi) is 3.24. The third-order valence-corrected chi connectivity index (χ3v) is 2.11. The number of benzene rings is 1. The van der Waals surface area contributed by atoms with Gasteiger partial charge in [-0.3, -0.25) is 15.4 Å². The second-order valence-corrected chi connectivity index (χ2v) is 3.38. The summed E-state index contributed by atoms with van der Waals surface area (Å²) in [6.07, 6.45) is 1.30. The molecule has 7 heteroatoms. The van der Waals surface area contributed by atoms with Crippen molar-refractivity contribution in [1.82, 2.24) is 10.5 Å². The van der Waals surface area contributed by atoms with Crippen molar-refractivity contribution in [3.05, 3.63) is 42.2 Å². The van der Waals surface area contributed by atoms with Crippen molar-refractivity contribution in [2.75, 3.05) is 11.1 Å². The number of nitrogens with two attached hydrogens (primary N) is 1. The molecule has 2 rings (SSSR count). The Morgan fingerprint density at radius 1 is 1.22 bits per heavy atom. The van der Waals surface area contributed by atoms with Crippen molar-refractivity contribution in [3.63, 3.8) is 0 Å². The topological polar surface area (TPSA) is 110 Å². The average Bonchev–Trinajstić information content (AvgIpc) is 2.82. The summed E-state index contributed by atoms with van der Waals surface area (Å²) in [4.78, 5) is 23.1. The number of anilines is 2. The number of nitrogen functional groups attached to an aromatic ring is 1. The van der Waals surface area contributed by atoms with Crippen LogP contribution in [0.25, 0.3) is 0 Å². The fourth-order valence-electron chi connectivity index (χ4n) is 1.30. The number of nitrogens with one attached hydrogen (secondary N) is 2. The first-order valence-electron chi connectivity index (χ1n) is 5.04. The predicted octanol–water partition coefficient (Wildman–Crippen LogP) is 1.22. The van der Waals surface area contributed by atoms with Crippen molar-refractivity contribution in [3.8, 4) is 0 Å². The molecule has 7 nitrogen and oxygen atoms in total. The van der Waals surface area contributed by atoms with E-state index in [-0.39, 0.29) is 11.4 Å². The van der Waals surface area contributed by atoms with E-state index < -0.39 is 11.9 Å². The van der Waals surface area contributed by atoms with E-state index in [1.54, 1.807) is 18.2 Å². The average molecular weight is 246 g/mol. The molecule has 0 aliphatic rings. The molecule has 1 heterocycles. The molecule has 0 radical (unpaired) electrons. The molecule has 0 fully saturated rings. The molecule has 18 heavy (non-hydrogen) atoms. The monoisotopic (exact) mass is 246 g/mol. The molecule has 0 spiro atoms. The predicted molar refractivity (Wildman–Crippen MR) is 63.8 cm³/mol. The summed E-state index contributed by atoms with van der Waals surface area (Å²) in [5, 5.41) is 7.92. The highest BCUT2D eigenvalue weighted by Crippen LogP contribution is 2.10. The molecule has 0 atom stereocenters. The zero-order chi connectivity index (χ0) is 13.0. The van der Waals surface area contributed by atoms with Crippen LogP contribution in [0.5, 0.6) is 0 Å². The second-order valence-electron chi connectivity index (χ2n) is 3.38. The summed E-state index contributed by atoms with van der Waals surface area (Å²) < 4.78 is 4.53. The van der Waals surface area contributed by atoms with Crippen molar-refractivity contribution in [1.29, 1.82) is 0 Å². The van der Waals surface area contributed by atoms with E-state index in [0.29, 0.717) is 5.69 Å². The third-order valence-electron chi connectivity index (χ3n) is 2.11. The first-order valence-corrected chi connectivity index (χ1v) is 5.04. The molecule has 92 valence electrons. The molecule has 4 N–H and O–H groups in total. The summed E-state index contributed by atoms with van der Waals surface area (Å²) in [5.74, 6) is -0.379. The van der Waals surface area contributed by atoms with E-state index in [2.05, 4.69) is 20.3 Å². The van der Waals surface area contributed by atoms with Gasteiger partial charge in [-0.1, -0.05) is 17.3 Å². The number of imide groups is 1. The van der Waals surface area contributed by atoms with Gasteiger partial charge in [-0.15, -0.1) is 0 Å². The van der Waals surface area contributed by atoms with Gasteiger partial charge in [0, 0.05) is 11.8 Å². The number of para-hydroxylation sites is 1. The van der Waals surface area contributed by atoms with Gasteiger partial charge in [0.05, 0.1) is 5.56 Å². The van der Waals surface area contributed by atoms with Gasteiger partial charge in [-0.05, 0) is 12.1 Å². The molecule has 0 aliphatic heterocycles. The Morgan fingerprint density at radius 2 is 2.00 bits per heavy atom. The number of nitrogens with zero attached hydrogens (tertiary/aromatic N) is 1. The number of urea groups is 1. The lowest BCUT2D eigenvalue weighted by molar-refractivity contribution is 0.0968. The van der Waals surface area contributed by atoms with E-state index in [1.165, 1.54) is 18.4 Å². The van der Waals surface area contributed by atoms with Crippen molar-refractivity contribution in [2.24, 2.45) is 0 Å². The minimum Gasteiger partial charge on any atom is -0.398 e. The molecular formula is C11H10N4O3. The number of hydrogen-bond acceptors (Lipinski definition) is 5. The van der Waals surface area contributed by atoms with Crippen LogP contribution >= 0.6 is 0 Å². The van der Waals surface area contributed by atoms with Gasteiger partial charge in [0.15, 0.2) is 5.82 Å². The first kappa shape index (κ1) is 11.6. The van der Waals surface area contributed by atoms with Crippen LogP contribution in [0.2, 0.25) is 0 Å². The molecule has 3 amide bonds. The largest absolute Gasteiger partial charge is 0.398 e. The normalized spacial score (nSPS) is 9.78. The van der Waals surface area contributed by atoms with Gasteiger partial charge in [0.2, 0.25) is 0 Å². The quantitative estimate of drug-likeness (QED) is 0.690. The van der Waals surface area contributed by atoms with Crippen LogP contribution in [0.4, 0.5) is 16.3 Å². The van der Waals surface area contributed by atoms with Crippen LogP contribution in [-0.2, 0) is 0 Å². The highest BCUT2D eigenvalue weighted by molar-refractivity contribution is 6.09. The molecule has 2 aromatic rings. The van der Waals surface area contributed by atoms with Crippen LogP contribution in [-0.4, -0.2) is 17.1 Å². The zero-order valence-electron chi connectivity index (χ0n) is 9.21. The highest BCUT2D eigenvalue weighted by atomic mass is 16.5. The maximum atomic E-state index is 11.7. The summed E-state index contributed by atoms with van der Waals surface area (Å²) >= 11 is 0. The number of carbonyl (C=O) groups excluding carboxylic acids is 2. The summed E-state index contributed by atoms with van der Waals surface area (Å²) in [5.41, 5.74) is 6.14. The molecule has 1 aromatic heterocycles. The van der Waals surface area contributed by atoms with Crippen molar-refractivity contribution < 1.29 is 14.1 Å². The lowest BCUT2D eigenvalue weighted by Crippen LogP contribution is -2.34. The van der Waals surface area contributed by atoms with Crippen LogP contribution in [0.3, 0.4) is 0 Å². The maximum Gasteiger partial charge on any atom is 0.327 e. The Labute approximate surface area is 102 Å². The van der Waals surface area contributed by atoms with Gasteiger partial charge >= 0.3 is 6.03 Å². The van der Waals surface area contributed by atoms with E-state index in [4.69, 9.17) is 5.73 Å². The van der Waals surface area contributed by atoms with Crippen molar-refractivity contribution >= 4 is 23.4 Å². The number of rotatable bonds is 2. The van der Waals surface area contributed by atoms with Gasteiger partial charge in [0.25, 0.3) is 5.91 Å². The van der Waals surface area contributed by atoms with E-state index in [9.17, 15) is 9.59 Å². The van der Waals surface area contributed by atoms with Crippen LogP contribution in [0.15, 0.2) is 41.1 Å². The lowest BCUT2D eigenvalue weighted by Gasteiger charge is -2.06. The van der Waals surface area contributed by atoms with Crippen LogP contribution in [0.1, 0.15) is 10.4 Å². The number of amides is 3. The Balaban J connectivity index is 2.00. The molecular weight excluding hydrogens is 236 g/mol. The Morgan fingerprint density at radius 3 is 2.67 bits per heavy atom. The minimum absolute atomic E-state index is 0.210. The van der Waals surface area contributed by atoms with E-state index >= 15 is 0 Å². The third kappa shape index (κ3) is 2.64. The van der Waals surface area contributed by atoms with Crippen LogP contribution in [0, 0.1) is 0 Å². The lowest BCUT2D eigenvalue weighted by atomic mass is 10.2. The highest BCUT2D eigenvalue weighted by Gasteiger charge is 2.13. The molecule has 0 aliphatic carbocycles. The minimum atomic E-state index is -0.711. The summed E-state index contributed by atoms with van der Waals surface area (Å²) in [6, 6.07) is 7.18. The number of aromatic nitrogens is 1. The van der Waals surface area contributed by atoms with E-state index in [1.807, 2.05) is 0 Å². The van der Waals surface area contributed by atoms with Gasteiger partial charge in [-0.25, -0.2) is 4.79 Å². The smallest absolute Gasteiger partial charge is 0.327 e. The molecule has 0 bridgehead atoms. The Bertz CT molecular complexity index is 565. The SMILES string of the molecule is Nc1ccccc1C(=O)NC(=O)Nc1ccon1. The van der Waals surface area contributed by atoms with Crippen molar-refractivity contribution in [2.45, 2.75) is 0 Å². The van der Waals surface area contributed by atoms with Gasteiger partial charge in [0.1, 0.15) is 6.26 Å². The zero-order valence-corrected chi connectivity index (χ0v) is 9.21. The van der Waals surface area contributed by atoms with Crippen LogP contribution < -0.4 is 16.4 Å². The fraction of sp³-hybridized carbons (Fsp3) is 0.